The van der Waals surface area contributed by atoms with Gasteiger partial charge in [-0.3, -0.25) is 13.9 Å². The second kappa shape index (κ2) is 27.2. The first-order valence-corrected chi connectivity index (χ1v) is 25.2. The van der Waals surface area contributed by atoms with Gasteiger partial charge in [0.05, 0.1) is 12.9 Å². The number of ether oxygens (including phenoxy) is 2. The van der Waals surface area contributed by atoms with Crippen LogP contribution in [0.5, 0.6) is 5.75 Å². The van der Waals surface area contributed by atoms with Crippen molar-refractivity contribution in [1.29, 1.82) is 0 Å². The first kappa shape index (κ1) is 50.6. The van der Waals surface area contributed by atoms with Gasteiger partial charge in [0.2, 0.25) is 0 Å². The van der Waals surface area contributed by atoms with Gasteiger partial charge in [0.25, 0.3) is 0 Å². The van der Waals surface area contributed by atoms with E-state index in [0.717, 1.165) is 24.8 Å². The molecule has 4 N–H and O–H groups in total. The Labute approximate surface area is 379 Å². The number of aliphatic hydroxyl groups excluding tert-OH is 1. The summed E-state index contributed by atoms with van der Waals surface area (Å²) in [6.45, 7) is 1.86. The number of imidazole rings is 1. The number of halogens is 1. The highest BCUT2D eigenvalue weighted by Gasteiger charge is 2.50. The number of unbranched alkanes of at least 4 members (excludes halogenated alkanes) is 19. The van der Waals surface area contributed by atoms with E-state index in [4.69, 9.17) is 30.7 Å². The average molecular weight is 905 g/mol. The summed E-state index contributed by atoms with van der Waals surface area (Å²) in [6.07, 6.45) is 29.5. The van der Waals surface area contributed by atoms with Crippen molar-refractivity contribution >= 4 is 30.7 Å². The van der Waals surface area contributed by atoms with Gasteiger partial charge < -0.3 is 24.8 Å². The van der Waals surface area contributed by atoms with Crippen molar-refractivity contribution < 1.29 is 37.4 Å². The van der Waals surface area contributed by atoms with Crippen molar-refractivity contribution in [3.8, 4) is 18.1 Å². The van der Waals surface area contributed by atoms with Crippen molar-refractivity contribution in [3.05, 3.63) is 78.6 Å². The molecular weight excluding hydrogens is 835 g/mol. The van der Waals surface area contributed by atoms with Crippen LogP contribution < -0.4 is 15.3 Å². The number of para-hydroxylation sites is 1. The first-order chi connectivity index (χ1) is 31.1. The monoisotopic (exact) mass is 905 g/mol. The molecule has 4 aromatic rings. The van der Waals surface area contributed by atoms with E-state index >= 15 is 0 Å². The van der Waals surface area contributed by atoms with E-state index in [-0.39, 0.29) is 42.2 Å². The van der Waals surface area contributed by atoms with Gasteiger partial charge in [-0.25, -0.2) is 9.55 Å². The van der Waals surface area contributed by atoms with E-state index in [1.807, 2.05) is 30.3 Å². The predicted octanol–water partition coefficient (Wildman–Crippen LogP) is 11.0. The maximum Gasteiger partial charge on any atom is 0.459 e. The van der Waals surface area contributed by atoms with Gasteiger partial charge >= 0.3 is 19.8 Å². The summed E-state index contributed by atoms with van der Waals surface area (Å²) in [6, 6.07) is 16.4. The van der Waals surface area contributed by atoms with Crippen LogP contribution >= 0.6 is 7.75 Å². The van der Waals surface area contributed by atoms with Gasteiger partial charge in [-0.2, -0.15) is 19.4 Å². The number of nitrogens with zero attached hydrogens (tertiary/aromatic N) is 4. The summed E-state index contributed by atoms with van der Waals surface area (Å²) in [5.41, 5.74) is 4.96. The molecule has 0 saturated carbocycles. The molecule has 1 aliphatic heterocycles. The Morgan fingerprint density at radius 2 is 1.45 bits per heavy atom. The summed E-state index contributed by atoms with van der Waals surface area (Å²) in [5.74, 6) is 1.87. The van der Waals surface area contributed by atoms with Gasteiger partial charge in [0.1, 0.15) is 30.7 Å². The average Bonchev–Trinajstić information content (AvgIpc) is 3.87. The minimum atomic E-state index is -4.48. The third-order valence-electron chi connectivity index (χ3n) is 11.8. The van der Waals surface area contributed by atoms with E-state index in [2.05, 4.69) is 32.9 Å². The lowest BCUT2D eigenvalue weighted by molar-refractivity contribution is -0.146. The maximum atomic E-state index is 14.8. The van der Waals surface area contributed by atoms with Gasteiger partial charge in [-0.1, -0.05) is 183 Å². The molecule has 5 rings (SSSR count). The molecular formula is C49H70FN6O7P. The Bertz CT molecular complexity index is 2050. The number of aromatic nitrogens is 4. The fourth-order valence-electron chi connectivity index (χ4n) is 8.09. The molecule has 13 nitrogen and oxygen atoms in total. The minimum absolute atomic E-state index is 0.0355. The molecule has 0 bridgehead atoms. The molecule has 0 amide bonds. The van der Waals surface area contributed by atoms with Gasteiger partial charge in [0.15, 0.2) is 22.6 Å². The first-order valence-electron chi connectivity index (χ1n) is 23.6. The number of esters is 1. The highest BCUT2D eigenvalue weighted by atomic mass is 31.2. The van der Waals surface area contributed by atoms with Crippen molar-refractivity contribution in [1.82, 2.24) is 24.6 Å². The van der Waals surface area contributed by atoms with E-state index in [1.54, 1.807) is 30.3 Å². The predicted molar refractivity (Wildman–Crippen MR) is 249 cm³/mol. The highest BCUT2D eigenvalue weighted by molar-refractivity contribution is 7.52. The van der Waals surface area contributed by atoms with Crippen LogP contribution in [0.4, 0.5) is 10.2 Å². The van der Waals surface area contributed by atoms with Gasteiger partial charge in [0, 0.05) is 6.42 Å². The zero-order valence-electron chi connectivity index (χ0n) is 37.7. The zero-order chi connectivity index (χ0) is 45.5. The Hall–Kier alpha value is -4.38. The van der Waals surface area contributed by atoms with Crippen LogP contribution in [0, 0.1) is 18.4 Å². The number of anilines is 1. The van der Waals surface area contributed by atoms with Crippen molar-refractivity contribution in [2.45, 2.75) is 172 Å². The quantitative estimate of drug-likeness (QED) is 0.0139. The maximum absolute atomic E-state index is 14.8. The fourth-order valence-corrected chi connectivity index (χ4v) is 9.61. The smallest absolute Gasteiger partial charge is 0.459 e. The number of hydrogen-bond donors (Lipinski definition) is 3. The van der Waals surface area contributed by atoms with Gasteiger partial charge in [-0.15, -0.1) is 6.42 Å². The number of terminal acetylenes is 1. The molecule has 15 heteroatoms. The molecule has 0 spiro atoms. The summed E-state index contributed by atoms with van der Waals surface area (Å²) >= 11 is 0. The fraction of sp³-hybridized carbons (Fsp3) is 0.592. The Kier molecular flexibility index (Phi) is 21.5. The second-order valence-electron chi connectivity index (χ2n) is 17.0. The largest absolute Gasteiger partial charge is 0.465 e. The normalized spacial score (nSPS) is 18.7. The summed E-state index contributed by atoms with van der Waals surface area (Å²) in [4.78, 5) is 25.3. The molecule has 0 aliphatic carbocycles. The molecule has 2 aromatic heterocycles. The third kappa shape index (κ3) is 16.2. The standard InChI is InChI=1S/C49H70FN6O7P/c1-3-5-6-7-8-9-10-11-12-13-14-15-16-17-18-19-20-21-22-29-34-60-47(58)41(35-39-30-25-23-26-31-39)55-64(59,63-40-32-27-24-28-33-40)61-37-49(4-2)42(57)36-43(62-49)56-38-52-44-45(51)53-48(50)54-46(44)56/h2,23-28,30-33,38,41-43,57H,3,5-22,29,34-37H2,1H3,(H,55,59)(H2,51,53,54)/t41-,42-,43+,49+,64?/m0/s1. The van der Waals surface area contributed by atoms with E-state index in [9.17, 15) is 18.9 Å². The van der Waals surface area contributed by atoms with Crippen LogP contribution in [0.3, 0.4) is 0 Å². The number of rotatable bonds is 32. The lowest BCUT2D eigenvalue weighted by Gasteiger charge is -2.30. The molecule has 64 heavy (non-hydrogen) atoms. The lowest BCUT2D eigenvalue weighted by Crippen LogP contribution is -2.44. The number of hydrogen-bond acceptors (Lipinski definition) is 11. The number of aliphatic hydroxyl groups is 1. The molecule has 1 aliphatic rings. The second-order valence-corrected chi connectivity index (χ2v) is 18.7. The molecule has 5 atom stereocenters. The number of nitrogens with two attached hydrogens (primary N) is 1. The number of carbonyl (C=O) groups excluding carboxylic acids is 1. The van der Waals surface area contributed by atoms with Crippen LogP contribution in [0.15, 0.2) is 67.0 Å². The minimum Gasteiger partial charge on any atom is -0.465 e. The number of fused-ring (bicyclic) bond motifs is 1. The summed E-state index contributed by atoms with van der Waals surface area (Å²) < 4.78 is 54.2. The van der Waals surface area contributed by atoms with E-state index in [0.29, 0.717) is 6.42 Å². The Balaban J connectivity index is 1.08. The molecule has 350 valence electrons. The molecule has 1 saturated heterocycles. The number of carbonyl (C=O) groups is 1. The summed E-state index contributed by atoms with van der Waals surface area (Å²) in [7, 11) is -4.48. The SMILES string of the molecule is C#C[C@]1(COP(=O)(N[C@@H](Cc2ccccc2)C(=O)OCCCCCCCCCCCCCCCCCCCCCC)Oc2ccccc2)O[C@@H](n2cnc3c(N)nc(F)nc32)C[C@@H]1O. The van der Waals surface area contributed by atoms with E-state index < -0.39 is 50.4 Å². The number of benzene rings is 2. The zero-order valence-corrected chi connectivity index (χ0v) is 38.6. The molecule has 1 unspecified atom stereocenters. The van der Waals surface area contributed by atoms with Crippen LogP contribution in [0.1, 0.15) is 154 Å². The van der Waals surface area contributed by atoms with Crippen LogP contribution in [-0.4, -0.2) is 61.6 Å². The lowest BCUT2D eigenvalue weighted by atomic mass is 9.99. The van der Waals surface area contributed by atoms with E-state index in [1.165, 1.54) is 114 Å². The van der Waals surface area contributed by atoms with Crippen molar-refractivity contribution in [2.75, 3.05) is 18.9 Å². The highest BCUT2D eigenvalue weighted by Crippen LogP contribution is 2.48. The van der Waals surface area contributed by atoms with Crippen molar-refractivity contribution in [2.24, 2.45) is 0 Å². The number of nitrogen functional groups attached to an aromatic ring is 1. The Morgan fingerprint density at radius 1 is 0.906 bits per heavy atom. The number of nitrogens with one attached hydrogen (secondary N) is 1. The molecule has 1 fully saturated rings. The van der Waals surface area contributed by atoms with Crippen LogP contribution in [-0.2, 0) is 29.8 Å². The molecule has 3 heterocycles. The third-order valence-corrected chi connectivity index (χ3v) is 13.4. The Morgan fingerprint density at radius 3 is 2.02 bits per heavy atom. The van der Waals surface area contributed by atoms with Gasteiger partial charge in [-0.05, 0) is 30.5 Å². The summed E-state index contributed by atoms with van der Waals surface area (Å²) in [5, 5.41) is 14.1. The molecule has 0 radical (unpaired) electrons. The molecule has 2 aromatic carbocycles. The van der Waals surface area contributed by atoms with Crippen LogP contribution in [0.2, 0.25) is 0 Å². The topological polar surface area (TPSA) is 173 Å². The van der Waals surface area contributed by atoms with Crippen molar-refractivity contribution in [3.63, 3.8) is 0 Å². The van der Waals surface area contributed by atoms with Crippen LogP contribution in [0.25, 0.3) is 11.2 Å².